The molecule has 0 aliphatic carbocycles. The molecule has 27 heavy (non-hydrogen) atoms. The van der Waals surface area contributed by atoms with Gasteiger partial charge < -0.3 is 15.1 Å². The van der Waals surface area contributed by atoms with Crippen LogP contribution < -0.4 is 10.2 Å². The van der Waals surface area contributed by atoms with Crippen LogP contribution in [0.2, 0.25) is 0 Å². The molecule has 1 saturated heterocycles. The molecule has 4 rings (SSSR count). The van der Waals surface area contributed by atoms with Crippen molar-refractivity contribution in [2.75, 3.05) is 36.4 Å². The number of aromatic nitrogens is 1. The average molecular weight is 357 g/mol. The fourth-order valence-electron chi connectivity index (χ4n) is 3.33. The van der Waals surface area contributed by atoms with Crippen LogP contribution >= 0.6 is 0 Å². The van der Waals surface area contributed by atoms with E-state index >= 15 is 0 Å². The van der Waals surface area contributed by atoms with E-state index in [9.17, 15) is 4.79 Å². The maximum Gasteiger partial charge on any atom is 0.321 e. The molecule has 0 atom stereocenters. The van der Waals surface area contributed by atoms with Crippen molar-refractivity contribution in [2.24, 2.45) is 0 Å². The lowest BCUT2D eigenvalue weighted by Crippen LogP contribution is -2.50. The summed E-state index contributed by atoms with van der Waals surface area (Å²) >= 11 is 0. The van der Waals surface area contributed by atoms with Crippen molar-refractivity contribution in [3.05, 3.63) is 66.4 Å². The van der Waals surface area contributed by atoms with E-state index < -0.39 is 0 Å². The van der Waals surface area contributed by atoms with Crippen molar-refractivity contribution >= 4 is 28.3 Å². The molecule has 0 radical (unpaired) electrons. The fourth-order valence-corrected chi connectivity index (χ4v) is 3.33. The summed E-state index contributed by atoms with van der Waals surface area (Å²) in [7, 11) is 0. The highest BCUT2D eigenvalue weighted by molar-refractivity contribution is 6.01. The maximum absolute atomic E-state index is 12.7. The first-order valence-electron chi connectivity index (χ1n) is 8.89. The molecule has 6 heteroatoms. The van der Waals surface area contributed by atoms with Crippen molar-refractivity contribution in [2.45, 2.75) is 0 Å². The lowest BCUT2D eigenvalue weighted by atomic mass is 10.1. The minimum Gasteiger partial charge on any atom is -0.353 e. The van der Waals surface area contributed by atoms with E-state index in [-0.39, 0.29) is 6.03 Å². The number of benzene rings is 2. The number of amides is 2. The Bertz CT molecular complexity index is 1010. The van der Waals surface area contributed by atoms with Crippen LogP contribution in [0.25, 0.3) is 10.8 Å². The van der Waals surface area contributed by atoms with E-state index in [1.807, 2.05) is 47.4 Å². The number of anilines is 2. The van der Waals surface area contributed by atoms with Crippen LogP contribution in [0.5, 0.6) is 0 Å². The van der Waals surface area contributed by atoms with Gasteiger partial charge in [-0.3, -0.25) is 0 Å². The Morgan fingerprint density at radius 3 is 2.63 bits per heavy atom. The van der Waals surface area contributed by atoms with Gasteiger partial charge in [0.15, 0.2) is 0 Å². The Hall–Kier alpha value is -3.59. The zero-order chi connectivity index (χ0) is 18.6. The summed E-state index contributed by atoms with van der Waals surface area (Å²) in [5, 5.41) is 14.2. The summed E-state index contributed by atoms with van der Waals surface area (Å²) in [5.41, 5.74) is 1.42. The Balaban J connectivity index is 1.42. The van der Waals surface area contributed by atoms with Crippen LogP contribution in [0.15, 0.2) is 60.8 Å². The van der Waals surface area contributed by atoms with Gasteiger partial charge in [0.25, 0.3) is 0 Å². The monoisotopic (exact) mass is 357 g/mol. The van der Waals surface area contributed by atoms with Crippen LogP contribution in [0.3, 0.4) is 0 Å². The number of nitrogens with zero attached hydrogens (tertiary/aromatic N) is 4. The molecule has 3 aromatic rings. The number of hydrogen-bond acceptors (Lipinski definition) is 4. The van der Waals surface area contributed by atoms with E-state index in [0.717, 1.165) is 22.3 Å². The van der Waals surface area contributed by atoms with Gasteiger partial charge in [0.1, 0.15) is 5.82 Å². The van der Waals surface area contributed by atoms with Crippen LogP contribution in [0, 0.1) is 11.3 Å². The molecule has 1 aliphatic heterocycles. The number of nitrogens with one attached hydrogen (secondary N) is 1. The number of carbonyl (C=O) groups excluding carboxylic acids is 1. The van der Waals surface area contributed by atoms with E-state index in [4.69, 9.17) is 5.26 Å². The number of rotatable bonds is 2. The van der Waals surface area contributed by atoms with Gasteiger partial charge in [-0.1, -0.05) is 36.4 Å². The lowest BCUT2D eigenvalue weighted by Gasteiger charge is -2.35. The second-order valence-electron chi connectivity index (χ2n) is 6.45. The van der Waals surface area contributed by atoms with Crippen LogP contribution in [0.4, 0.5) is 16.3 Å². The average Bonchev–Trinajstić information content (AvgIpc) is 2.74. The molecule has 134 valence electrons. The van der Waals surface area contributed by atoms with Crippen LogP contribution in [-0.4, -0.2) is 42.1 Å². The smallest absolute Gasteiger partial charge is 0.321 e. The summed E-state index contributed by atoms with van der Waals surface area (Å²) in [4.78, 5) is 20.9. The molecule has 1 aliphatic rings. The predicted molar refractivity (Wildman–Crippen MR) is 106 cm³/mol. The first kappa shape index (κ1) is 16.9. The molecule has 2 heterocycles. The molecule has 0 spiro atoms. The highest BCUT2D eigenvalue weighted by Crippen LogP contribution is 2.23. The van der Waals surface area contributed by atoms with Crippen molar-refractivity contribution in [1.29, 1.82) is 5.26 Å². The molecule has 1 fully saturated rings. The molecule has 1 aromatic heterocycles. The zero-order valence-electron chi connectivity index (χ0n) is 14.8. The summed E-state index contributed by atoms with van der Waals surface area (Å²) in [6.07, 6.45) is 1.65. The maximum atomic E-state index is 12.7. The fraction of sp³-hybridized carbons (Fsp3) is 0.190. The van der Waals surface area contributed by atoms with Gasteiger partial charge >= 0.3 is 6.03 Å². The number of carbonyl (C=O) groups is 1. The molecule has 2 aromatic carbocycles. The summed E-state index contributed by atoms with van der Waals surface area (Å²) in [6, 6.07) is 19.4. The standard InChI is InChI=1S/C21H19N5O/c22-15-16-8-9-23-20(14-16)25-10-12-26(13-11-25)21(27)24-19-7-3-5-17-4-1-2-6-18(17)19/h1-9,14H,10-13H2,(H,24,27). The Morgan fingerprint density at radius 2 is 1.81 bits per heavy atom. The van der Waals surface area contributed by atoms with Gasteiger partial charge in [-0.05, 0) is 23.6 Å². The number of pyridine rings is 1. The van der Waals surface area contributed by atoms with E-state index in [0.29, 0.717) is 31.7 Å². The first-order valence-corrected chi connectivity index (χ1v) is 8.89. The second kappa shape index (κ2) is 7.34. The molecular weight excluding hydrogens is 338 g/mol. The largest absolute Gasteiger partial charge is 0.353 e. The topological polar surface area (TPSA) is 72.3 Å². The molecule has 0 unspecified atom stereocenters. The normalized spacial score (nSPS) is 14.0. The third-order valence-corrected chi connectivity index (χ3v) is 4.80. The zero-order valence-corrected chi connectivity index (χ0v) is 14.8. The second-order valence-corrected chi connectivity index (χ2v) is 6.45. The Morgan fingerprint density at radius 1 is 1.04 bits per heavy atom. The lowest BCUT2D eigenvalue weighted by molar-refractivity contribution is 0.208. The third kappa shape index (κ3) is 3.53. The van der Waals surface area contributed by atoms with E-state index in [1.165, 1.54) is 0 Å². The van der Waals surface area contributed by atoms with Crippen LogP contribution in [0.1, 0.15) is 5.56 Å². The quantitative estimate of drug-likeness (QED) is 0.762. The third-order valence-electron chi connectivity index (χ3n) is 4.80. The first-order chi connectivity index (χ1) is 13.2. The SMILES string of the molecule is N#Cc1ccnc(N2CCN(C(=O)Nc3cccc4ccccc34)CC2)c1. The Labute approximate surface area is 157 Å². The molecular formula is C21H19N5O. The van der Waals surface area contributed by atoms with Crippen LogP contribution in [-0.2, 0) is 0 Å². The highest BCUT2D eigenvalue weighted by atomic mass is 16.2. The minimum atomic E-state index is -0.0928. The number of piperazine rings is 1. The number of fused-ring (bicyclic) bond motifs is 1. The molecule has 1 N–H and O–H groups in total. The molecule has 6 nitrogen and oxygen atoms in total. The van der Waals surface area contributed by atoms with Gasteiger partial charge in [0.2, 0.25) is 0 Å². The van der Waals surface area contributed by atoms with Crippen molar-refractivity contribution < 1.29 is 4.79 Å². The summed E-state index contributed by atoms with van der Waals surface area (Å²) in [5.74, 6) is 0.781. The van der Waals surface area contributed by atoms with Gasteiger partial charge in [-0.25, -0.2) is 9.78 Å². The van der Waals surface area contributed by atoms with Crippen molar-refractivity contribution in [3.8, 4) is 6.07 Å². The van der Waals surface area contributed by atoms with Gasteiger partial charge in [0, 0.05) is 37.8 Å². The molecule has 2 amide bonds. The van der Waals surface area contributed by atoms with Crippen molar-refractivity contribution in [1.82, 2.24) is 9.88 Å². The number of hydrogen-bond donors (Lipinski definition) is 1. The summed E-state index contributed by atoms with van der Waals surface area (Å²) < 4.78 is 0. The predicted octanol–water partition coefficient (Wildman–Crippen LogP) is 3.46. The van der Waals surface area contributed by atoms with Gasteiger partial charge in [-0.2, -0.15) is 5.26 Å². The highest BCUT2D eigenvalue weighted by Gasteiger charge is 2.22. The van der Waals surface area contributed by atoms with Gasteiger partial charge in [0.05, 0.1) is 17.3 Å². The number of urea groups is 1. The summed E-state index contributed by atoms with van der Waals surface area (Å²) in [6.45, 7) is 2.58. The van der Waals surface area contributed by atoms with Gasteiger partial charge in [-0.15, -0.1) is 0 Å². The minimum absolute atomic E-state index is 0.0928. The molecule has 0 saturated carbocycles. The van der Waals surface area contributed by atoms with E-state index in [2.05, 4.69) is 21.3 Å². The number of nitriles is 1. The Kier molecular flexibility index (Phi) is 4.58. The molecule has 0 bridgehead atoms. The van der Waals surface area contributed by atoms with Crippen molar-refractivity contribution in [3.63, 3.8) is 0 Å². The van der Waals surface area contributed by atoms with E-state index in [1.54, 1.807) is 18.3 Å².